The lowest BCUT2D eigenvalue weighted by Gasteiger charge is -2.19. The van der Waals surface area contributed by atoms with Gasteiger partial charge in [0.15, 0.2) is 0 Å². The summed E-state index contributed by atoms with van der Waals surface area (Å²) >= 11 is 3.46. The maximum absolute atomic E-state index is 12.3. The lowest BCUT2D eigenvalue weighted by Crippen LogP contribution is -2.32. The van der Waals surface area contributed by atoms with Gasteiger partial charge in [0.25, 0.3) is 0 Å². The van der Waals surface area contributed by atoms with Gasteiger partial charge in [0.05, 0.1) is 12.5 Å². The normalized spacial score (nSPS) is 12.5. The maximum Gasteiger partial charge on any atom is 0.227 e. The summed E-state index contributed by atoms with van der Waals surface area (Å²) in [5.41, 5.74) is 1.05. The van der Waals surface area contributed by atoms with Crippen molar-refractivity contribution in [3.8, 4) is 0 Å². The molecule has 19 heavy (non-hydrogen) atoms. The first kappa shape index (κ1) is 16.2. The van der Waals surface area contributed by atoms with Gasteiger partial charge in [0.2, 0.25) is 5.91 Å². The number of methoxy groups -OCH3 is 1. The first-order chi connectivity index (χ1) is 9.04. The summed E-state index contributed by atoms with van der Waals surface area (Å²) in [5.74, 6) is 0.440. The number of hydrogen-bond donors (Lipinski definition) is 1. The maximum atomic E-state index is 12.3. The van der Waals surface area contributed by atoms with Gasteiger partial charge in [-0.15, -0.1) is 0 Å². The van der Waals surface area contributed by atoms with Crippen LogP contribution in [0.1, 0.15) is 31.7 Å². The molecule has 1 atom stereocenters. The Bertz CT molecular complexity index is 407. The molecule has 1 unspecified atom stereocenters. The van der Waals surface area contributed by atoms with Gasteiger partial charge in [-0.3, -0.25) is 4.79 Å². The van der Waals surface area contributed by atoms with Crippen molar-refractivity contribution in [1.82, 2.24) is 5.32 Å². The Kier molecular flexibility index (Phi) is 7.10. The minimum atomic E-state index is -0.102. The fraction of sp³-hybridized carbons (Fsp3) is 0.533. The number of carbonyl (C=O) groups is 1. The van der Waals surface area contributed by atoms with Gasteiger partial charge in [-0.05, 0) is 30.0 Å². The van der Waals surface area contributed by atoms with E-state index >= 15 is 0 Å². The molecular weight excluding hydrogens is 306 g/mol. The van der Waals surface area contributed by atoms with E-state index in [1.807, 2.05) is 24.3 Å². The average molecular weight is 328 g/mol. The van der Waals surface area contributed by atoms with Crippen molar-refractivity contribution in [2.45, 2.75) is 26.2 Å². The highest BCUT2D eigenvalue weighted by Gasteiger charge is 2.21. The van der Waals surface area contributed by atoms with Gasteiger partial charge in [0, 0.05) is 18.1 Å². The Labute approximate surface area is 123 Å². The van der Waals surface area contributed by atoms with Gasteiger partial charge in [-0.2, -0.15) is 0 Å². The van der Waals surface area contributed by atoms with Gasteiger partial charge in [-0.25, -0.2) is 0 Å². The summed E-state index contributed by atoms with van der Waals surface area (Å²) in [4.78, 5) is 12.3. The van der Waals surface area contributed by atoms with E-state index in [1.165, 1.54) is 0 Å². The quantitative estimate of drug-likeness (QED) is 0.780. The highest BCUT2D eigenvalue weighted by Crippen LogP contribution is 2.26. The minimum Gasteiger partial charge on any atom is -0.383 e. The molecule has 106 valence electrons. The SMILES string of the molecule is COCCNC(=O)C(CC(C)C)c1cccc(Br)c1. The molecule has 0 radical (unpaired) electrons. The van der Waals surface area contributed by atoms with E-state index in [1.54, 1.807) is 7.11 Å². The zero-order valence-electron chi connectivity index (χ0n) is 11.8. The Morgan fingerprint density at radius 1 is 1.42 bits per heavy atom. The van der Waals surface area contributed by atoms with Crippen molar-refractivity contribution in [3.63, 3.8) is 0 Å². The van der Waals surface area contributed by atoms with Crippen molar-refractivity contribution in [3.05, 3.63) is 34.3 Å². The molecule has 1 amide bonds. The zero-order chi connectivity index (χ0) is 14.3. The van der Waals surface area contributed by atoms with Crippen LogP contribution in [0.25, 0.3) is 0 Å². The van der Waals surface area contributed by atoms with Crippen molar-refractivity contribution >= 4 is 21.8 Å². The van der Waals surface area contributed by atoms with E-state index in [9.17, 15) is 4.79 Å². The molecule has 1 aromatic carbocycles. The van der Waals surface area contributed by atoms with Crippen LogP contribution in [-0.2, 0) is 9.53 Å². The minimum absolute atomic E-state index is 0.0730. The van der Waals surface area contributed by atoms with Crippen molar-refractivity contribution in [1.29, 1.82) is 0 Å². The molecule has 0 bridgehead atoms. The van der Waals surface area contributed by atoms with E-state index in [0.717, 1.165) is 16.5 Å². The van der Waals surface area contributed by atoms with E-state index in [4.69, 9.17) is 4.74 Å². The fourth-order valence-electron chi connectivity index (χ4n) is 1.99. The van der Waals surface area contributed by atoms with Crippen LogP contribution in [0, 0.1) is 5.92 Å². The lowest BCUT2D eigenvalue weighted by molar-refractivity contribution is -0.123. The summed E-state index contributed by atoms with van der Waals surface area (Å²) < 4.78 is 5.96. The molecular formula is C15H22BrNO2. The molecule has 0 aliphatic rings. The number of benzene rings is 1. The largest absolute Gasteiger partial charge is 0.383 e. The molecule has 1 aromatic rings. The molecule has 1 N–H and O–H groups in total. The third-order valence-electron chi connectivity index (χ3n) is 2.88. The number of amides is 1. The van der Waals surface area contributed by atoms with Crippen molar-refractivity contribution < 1.29 is 9.53 Å². The number of ether oxygens (including phenoxy) is 1. The first-order valence-corrected chi connectivity index (χ1v) is 7.36. The second-order valence-electron chi connectivity index (χ2n) is 5.02. The molecule has 4 heteroatoms. The van der Waals surface area contributed by atoms with E-state index < -0.39 is 0 Å². The Morgan fingerprint density at radius 3 is 2.74 bits per heavy atom. The molecule has 1 rings (SSSR count). The van der Waals surface area contributed by atoms with E-state index in [0.29, 0.717) is 19.1 Å². The first-order valence-electron chi connectivity index (χ1n) is 6.56. The summed E-state index contributed by atoms with van der Waals surface area (Å²) in [6, 6.07) is 7.96. The molecule has 0 spiro atoms. The predicted molar refractivity (Wildman–Crippen MR) is 81.2 cm³/mol. The smallest absolute Gasteiger partial charge is 0.227 e. The van der Waals surface area contributed by atoms with Gasteiger partial charge in [0.1, 0.15) is 0 Å². The second kappa shape index (κ2) is 8.33. The third kappa shape index (κ3) is 5.74. The van der Waals surface area contributed by atoms with Gasteiger partial charge in [-0.1, -0.05) is 41.9 Å². The molecule has 3 nitrogen and oxygen atoms in total. The van der Waals surface area contributed by atoms with Crippen LogP contribution in [0.5, 0.6) is 0 Å². The summed E-state index contributed by atoms with van der Waals surface area (Å²) in [5, 5.41) is 2.93. The van der Waals surface area contributed by atoms with Crippen LogP contribution in [0.3, 0.4) is 0 Å². The molecule has 0 aliphatic heterocycles. The molecule has 0 fully saturated rings. The summed E-state index contributed by atoms with van der Waals surface area (Å²) in [7, 11) is 1.63. The Hall–Kier alpha value is -0.870. The zero-order valence-corrected chi connectivity index (χ0v) is 13.4. The Morgan fingerprint density at radius 2 is 2.16 bits per heavy atom. The van der Waals surface area contributed by atoms with E-state index in [2.05, 4.69) is 35.1 Å². The Balaban J connectivity index is 2.79. The van der Waals surface area contributed by atoms with Crippen molar-refractivity contribution in [2.24, 2.45) is 5.92 Å². The predicted octanol–water partition coefficient (Wildman–Crippen LogP) is 3.34. The highest BCUT2D eigenvalue weighted by atomic mass is 79.9. The molecule has 0 saturated carbocycles. The van der Waals surface area contributed by atoms with Gasteiger partial charge >= 0.3 is 0 Å². The second-order valence-corrected chi connectivity index (χ2v) is 5.94. The summed E-state index contributed by atoms with van der Waals surface area (Å²) in [6.45, 7) is 5.36. The van der Waals surface area contributed by atoms with Crippen LogP contribution >= 0.6 is 15.9 Å². The van der Waals surface area contributed by atoms with Crippen molar-refractivity contribution in [2.75, 3.05) is 20.3 Å². The monoisotopic (exact) mass is 327 g/mol. The molecule has 0 heterocycles. The number of carbonyl (C=O) groups excluding carboxylic acids is 1. The topological polar surface area (TPSA) is 38.3 Å². The van der Waals surface area contributed by atoms with Crippen LogP contribution < -0.4 is 5.32 Å². The molecule has 0 aromatic heterocycles. The van der Waals surface area contributed by atoms with Crippen LogP contribution in [0.15, 0.2) is 28.7 Å². The number of halogens is 1. The lowest BCUT2D eigenvalue weighted by atomic mass is 9.89. The van der Waals surface area contributed by atoms with Crippen LogP contribution in [0.4, 0.5) is 0 Å². The fourth-order valence-corrected chi connectivity index (χ4v) is 2.41. The third-order valence-corrected chi connectivity index (χ3v) is 3.37. The number of rotatable bonds is 7. The van der Waals surface area contributed by atoms with Crippen LogP contribution in [-0.4, -0.2) is 26.2 Å². The highest BCUT2D eigenvalue weighted by molar-refractivity contribution is 9.10. The molecule has 0 aliphatic carbocycles. The number of nitrogens with one attached hydrogen (secondary N) is 1. The number of hydrogen-bond acceptors (Lipinski definition) is 2. The summed E-state index contributed by atoms with van der Waals surface area (Å²) in [6.07, 6.45) is 0.843. The van der Waals surface area contributed by atoms with Crippen LogP contribution in [0.2, 0.25) is 0 Å². The molecule has 0 saturated heterocycles. The average Bonchev–Trinajstić information content (AvgIpc) is 2.36. The van der Waals surface area contributed by atoms with Gasteiger partial charge < -0.3 is 10.1 Å². The van der Waals surface area contributed by atoms with E-state index in [-0.39, 0.29) is 11.8 Å². The standard InChI is InChI=1S/C15H22BrNO2/c1-11(2)9-14(15(18)17-7-8-19-3)12-5-4-6-13(16)10-12/h4-6,10-11,14H,7-9H2,1-3H3,(H,17,18).